The summed E-state index contributed by atoms with van der Waals surface area (Å²) in [5.74, 6) is -0.332. The van der Waals surface area contributed by atoms with Gasteiger partial charge in [0.15, 0.2) is 0 Å². The van der Waals surface area contributed by atoms with E-state index in [1.165, 1.54) is 0 Å². The van der Waals surface area contributed by atoms with Crippen molar-refractivity contribution in [3.8, 4) is 5.75 Å². The Labute approximate surface area is 152 Å². The molecule has 6 nitrogen and oxygen atoms in total. The zero-order valence-electron chi connectivity index (χ0n) is 14.9. The van der Waals surface area contributed by atoms with Gasteiger partial charge in [0.2, 0.25) is 0 Å². The summed E-state index contributed by atoms with van der Waals surface area (Å²) in [5, 5.41) is 11.5. The van der Waals surface area contributed by atoms with Gasteiger partial charge in [-0.2, -0.15) is 0 Å². The fourth-order valence-electron chi connectivity index (χ4n) is 2.31. The van der Waals surface area contributed by atoms with Gasteiger partial charge in [0.05, 0.1) is 13.7 Å². The summed E-state index contributed by atoms with van der Waals surface area (Å²) in [7, 11) is 1.60. The second-order valence-electron chi connectivity index (χ2n) is 5.88. The molecule has 1 amide bonds. The summed E-state index contributed by atoms with van der Waals surface area (Å²) < 4.78 is 10.8. The molecule has 26 heavy (non-hydrogen) atoms. The number of nitrogens with one attached hydrogen (secondary N) is 1. The van der Waals surface area contributed by atoms with Gasteiger partial charge in [0, 0.05) is 12.1 Å². The Morgan fingerprint density at radius 2 is 1.85 bits per heavy atom. The summed E-state index contributed by atoms with van der Waals surface area (Å²) in [4.78, 5) is 22.8. The minimum absolute atomic E-state index is 0.0842. The van der Waals surface area contributed by atoms with E-state index in [-0.39, 0.29) is 12.3 Å². The number of carboxylic acids is 1. The molecule has 0 saturated heterocycles. The first-order valence-electron chi connectivity index (χ1n) is 8.34. The molecule has 0 aliphatic rings. The first kappa shape index (κ1) is 19.5. The Morgan fingerprint density at radius 3 is 2.50 bits per heavy atom. The Bertz CT molecular complexity index is 742. The average Bonchev–Trinajstić information content (AvgIpc) is 2.65. The number of benzene rings is 2. The molecule has 0 saturated carbocycles. The predicted molar refractivity (Wildman–Crippen MR) is 98.3 cm³/mol. The summed E-state index contributed by atoms with van der Waals surface area (Å²) >= 11 is 0. The smallest absolute Gasteiger partial charge is 0.303 e. The quantitative estimate of drug-likeness (QED) is 0.719. The van der Waals surface area contributed by atoms with Crippen LogP contribution in [0.5, 0.6) is 5.75 Å². The van der Waals surface area contributed by atoms with E-state index < -0.39 is 12.1 Å². The van der Waals surface area contributed by atoms with Crippen LogP contribution in [-0.4, -0.2) is 30.2 Å². The Balaban J connectivity index is 1.83. The number of carboxylic acid groups (broad SMARTS) is 1. The SMILES string of the molecule is COc1cccc(COC(C)C(=O)Nc2ccc(CCC(=O)O)cc2)c1. The summed E-state index contributed by atoms with van der Waals surface area (Å²) in [6.07, 6.45) is -0.0716. The standard InChI is InChI=1S/C20H23NO5/c1-14(26-13-16-4-3-5-18(12-16)25-2)20(24)21-17-9-6-15(7-10-17)8-11-19(22)23/h3-7,9-10,12,14H,8,11,13H2,1-2H3,(H,21,24)(H,22,23). The Kier molecular flexibility index (Phi) is 7.17. The van der Waals surface area contributed by atoms with Crippen molar-refractivity contribution in [1.82, 2.24) is 0 Å². The highest BCUT2D eigenvalue weighted by molar-refractivity contribution is 5.93. The molecular weight excluding hydrogens is 334 g/mol. The van der Waals surface area contributed by atoms with Gasteiger partial charge in [-0.1, -0.05) is 24.3 Å². The van der Waals surface area contributed by atoms with Gasteiger partial charge in [0.1, 0.15) is 11.9 Å². The molecular formula is C20H23NO5. The van der Waals surface area contributed by atoms with Crippen molar-refractivity contribution in [3.63, 3.8) is 0 Å². The van der Waals surface area contributed by atoms with Crippen LogP contribution in [0.3, 0.4) is 0 Å². The average molecular weight is 357 g/mol. The second kappa shape index (κ2) is 9.58. The fraction of sp³-hybridized carbons (Fsp3) is 0.300. The van der Waals surface area contributed by atoms with Gasteiger partial charge in [-0.05, 0) is 48.7 Å². The van der Waals surface area contributed by atoms with Crippen LogP contribution in [0.15, 0.2) is 48.5 Å². The number of ether oxygens (including phenoxy) is 2. The monoisotopic (exact) mass is 357 g/mol. The lowest BCUT2D eigenvalue weighted by molar-refractivity contribution is -0.137. The number of aliphatic carboxylic acids is 1. The van der Waals surface area contributed by atoms with Crippen LogP contribution in [0.4, 0.5) is 5.69 Å². The molecule has 2 aromatic carbocycles. The number of methoxy groups -OCH3 is 1. The van der Waals surface area contributed by atoms with Crippen molar-refractivity contribution in [2.24, 2.45) is 0 Å². The van der Waals surface area contributed by atoms with E-state index >= 15 is 0 Å². The fourth-order valence-corrected chi connectivity index (χ4v) is 2.31. The summed E-state index contributed by atoms with van der Waals surface area (Å²) in [5.41, 5.74) is 2.48. The minimum atomic E-state index is -0.829. The first-order valence-corrected chi connectivity index (χ1v) is 8.34. The van der Waals surface area contributed by atoms with E-state index in [1.807, 2.05) is 24.3 Å². The maximum atomic E-state index is 12.2. The topological polar surface area (TPSA) is 84.9 Å². The van der Waals surface area contributed by atoms with Gasteiger partial charge in [-0.15, -0.1) is 0 Å². The third-order valence-electron chi connectivity index (χ3n) is 3.85. The highest BCUT2D eigenvalue weighted by atomic mass is 16.5. The maximum absolute atomic E-state index is 12.2. The molecule has 2 N–H and O–H groups in total. The van der Waals surface area contributed by atoms with Gasteiger partial charge in [0.25, 0.3) is 5.91 Å². The Hall–Kier alpha value is -2.86. The van der Waals surface area contributed by atoms with Crippen LogP contribution in [-0.2, 0) is 27.4 Å². The van der Waals surface area contributed by atoms with Crippen molar-refractivity contribution in [3.05, 3.63) is 59.7 Å². The molecule has 0 aliphatic carbocycles. The van der Waals surface area contributed by atoms with Crippen LogP contribution in [0.25, 0.3) is 0 Å². The van der Waals surface area contributed by atoms with Crippen molar-refractivity contribution >= 4 is 17.6 Å². The molecule has 0 radical (unpaired) electrons. The van der Waals surface area contributed by atoms with E-state index in [1.54, 1.807) is 38.3 Å². The largest absolute Gasteiger partial charge is 0.497 e. The van der Waals surface area contributed by atoms with Crippen LogP contribution < -0.4 is 10.1 Å². The third-order valence-corrected chi connectivity index (χ3v) is 3.85. The lowest BCUT2D eigenvalue weighted by Crippen LogP contribution is -2.27. The molecule has 0 aromatic heterocycles. The minimum Gasteiger partial charge on any atom is -0.497 e. The number of rotatable bonds is 9. The number of amides is 1. The second-order valence-corrected chi connectivity index (χ2v) is 5.88. The Morgan fingerprint density at radius 1 is 1.12 bits per heavy atom. The van der Waals surface area contributed by atoms with Gasteiger partial charge < -0.3 is 19.9 Å². The molecule has 0 fully saturated rings. The number of hydrogen-bond donors (Lipinski definition) is 2. The van der Waals surface area contributed by atoms with Crippen molar-refractivity contribution in [2.45, 2.75) is 32.5 Å². The number of hydrogen-bond acceptors (Lipinski definition) is 4. The molecule has 1 atom stereocenters. The summed E-state index contributed by atoms with van der Waals surface area (Å²) in [6.45, 7) is 2.00. The number of carbonyl (C=O) groups is 2. The van der Waals surface area contributed by atoms with Gasteiger partial charge >= 0.3 is 5.97 Å². The zero-order valence-corrected chi connectivity index (χ0v) is 14.9. The number of carbonyl (C=O) groups excluding carboxylic acids is 1. The number of anilines is 1. The van der Waals surface area contributed by atoms with E-state index in [0.29, 0.717) is 18.7 Å². The lowest BCUT2D eigenvalue weighted by atomic mass is 10.1. The van der Waals surface area contributed by atoms with Crippen LogP contribution in [0, 0.1) is 0 Å². The molecule has 138 valence electrons. The van der Waals surface area contributed by atoms with E-state index in [4.69, 9.17) is 14.6 Å². The third kappa shape index (κ3) is 6.22. The van der Waals surface area contributed by atoms with Crippen molar-refractivity contribution < 1.29 is 24.2 Å². The highest BCUT2D eigenvalue weighted by Crippen LogP contribution is 2.15. The van der Waals surface area contributed by atoms with E-state index in [0.717, 1.165) is 16.9 Å². The highest BCUT2D eigenvalue weighted by Gasteiger charge is 2.14. The molecule has 0 aliphatic heterocycles. The molecule has 2 rings (SSSR count). The predicted octanol–water partition coefficient (Wildman–Crippen LogP) is 3.26. The molecule has 0 bridgehead atoms. The van der Waals surface area contributed by atoms with Crippen LogP contribution in [0.1, 0.15) is 24.5 Å². The van der Waals surface area contributed by atoms with E-state index in [9.17, 15) is 9.59 Å². The molecule has 0 spiro atoms. The lowest BCUT2D eigenvalue weighted by Gasteiger charge is -2.14. The van der Waals surface area contributed by atoms with Gasteiger partial charge in [-0.3, -0.25) is 9.59 Å². The van der Waals surface area contributed by atoms with Crippen LogP contribution >= 0.6 is 0 Å². The number of aryl methyl sites for hydroxylation is 1. The molecule has 1 unspecified atom stereocenters. The normalized spacial score (nSPS) is 11.6. The molecule has 0 heterocycles. The molecule has 6 heteroatoms. The van der Waals surface area contributed by atoms with Crippen LogP contribution in [0.2, 0.25) is 0 Å². The first-order chi connectivity index (χ1) is 12.5. The summed E-state index contributed by atoms with van der Waals surface area (Å²) in [6, 6.07) is 14.6. The van der Waals surface area contributed by atoms with Crippen molar-refractivity contribution in [1.29, 1.82) is 0 Å². The zero-order chi connectivity index (χ0) is 18.9. The van der Waals surface area contributed by atoms with Gasteiger partial charge in [-0.25, -0.2) is 0 Å². The maximum Gasteiger partial charge on any atom is 0.303 e. The molecule has 2 aromatic rings. The van der Waals surface area contributed by atoms with E-state index in [2.05, 4.69) is 5.32 Å². The van der Waals surface area contributed by atoms with Crippen molar-refractivity contribution in [2.75, 3.05) is 12.4 Å².